The molecular formula is C23H34N2O2S. The minimum absolute atomic E-state index is 0.254. The molecule has 0 aliphatic rings. The standard InChI is InChI=1S/C23H34N2O2S/c1-7-8-9-20-12-15-23(25(17(2)3)18(4)5)22(16-20)24-28(26,27)21-13-10-19(6)11-14-21/h10-18,24H,7-9H2,1-6H3. The summed E-state index contributed by atoms with van der Waals surface area (Å²) >= 11 is 0. The van der Waals surface area contributed by atoms with E-state index in [9.17, 15) is 8.42 Å². The van der Waals surface area contributed by atoms with E-state index in [1.807, 2.05) is 25.1 Å². The largest absolute Gasteiger partial charge is 0.365 e. The lowest BCUT2D eigenvalue weighted by molar-refractivity contribution is 0.599. The van der Waals surface area contributed by atoms with Gasteiger partial charge in [0.05, 0.1) is 16.3 Å². The van der Waals surface area contributed by atoms with Crippen molar-refractivity contribution < 1.29 is 8.42 Å². The van der Waals surface area contributed by atoms with Crippen molar-refractivity contribution in [2.24, 2.45) is 0 Å². The number of anilines is 2. The SMILES string of the molecule is CCCCc1ccc(N(C(C)C)C(C)C)c(NS(=O)(=O)c2ccc(C)cc2)c1. The Balaban J connectivity index is 2.49. The highest BCUT2D eigenvalue weighted by Crippen LogP contribution is 2.32. The molecule has 0 bridgehead atoms. The predicted octanol–water partition coefficient (Wildman–Crippen LogP) is 5.76. The van der Waals surface area contributed by atoms with Crippen molar-refractivity contribution in [2.75, 3.05) is 9.62 Å². The van der Waals surface area contributed by atoms with Crippen LogP contribution in [0.3, 0.4) is 0 Å². The Morgan fingerprint density at radius 1 is 0.964 bits per heavy atom. The number of rotatable bonds is 9. The van der Waals surface area contributed by atoms with Crippen molar-refractivity contribution in [3.05, 3.63) is 53.6 Å². The molecule has 28 heavy (non-hydrogen) atoms. The number of sulfonamides is 1. The first-order valence-corrected chi connectivity index (χ1v) is 11.6. The number of nitrogens with one attached hydrogen (secondary N) is 1. The van der Waals surface area contributed by atoms with E-state index < -0.39 is 10.0 Å². The molecule has 0 unspecified atom stereocenters. The van der Waals surface area contributed by atoms with Gasteiger partial charge >= 0.3 is 0 Å². The molecule has 154 valence electrons. The van der Waals surface area contributed by atoms with Crippen LogP contribution in [0.15, 0.2) is 47.4 Å². The zero-order chi connectivity index (χ0) is 20.9. The van der Waals surface area contributed by atoms with E-state index in [1.165, 1.54) is 0 Å². The molecule has 0 aliphatic heterocycles. The van der Waals surface area contributed by atoms with E-state index in [2.05, 4.69) is 56.4 Å². The molecular weight excluding hydrogens is 368 g/mol. The van der Waals surface area contributed by atoms with E-state index in [1.54, 1.807) is 12.1 Å². The lowest BCUT2D eigenvalue weighted by atomic mass is 10.1. The molecule has 2 aromatic rings. The molecule has 0 saturated carbocycles. The molecule has 0 heterocycles. The molecule has 0 saturated heterocycles. The maximum Gasteiger partial charge on any atom is 0.261 e. The summed E-state index contributed by atoms with van der Waals surface area (Å²) < 4.78 is 28.9. The number of aryl methyl sites for hydroxylation is 2. The minimum Gasteiger partial charge on any atom is -0.365 e. The van der Waals surface area contributed by atoms with Gasteiger partial charge in [0, 0.05) is 12.1 Å². The van der Waals surface area contributed by atoms with E-state index in [0.29, 0.717) is 5.69 Å². The molecule has 2 aromatic carbocycles. The number of unbranched alkanes of at least 4 members (excludes halogenated alkanes) is 1. The van der Waals surface area contributed by atoms with Gasteiger partial charge in [0.25, 0.3) is 10.0 Å². The van der Waals surface area contributed by atoms with Crippen LogP contribution in [-0.4, -0.2) is 20.5 Å². The molecule has 5 heteroatoms. The Hall–Kier alpha value is -2.01. The van der Waals surface area contributed by atoms with Crippen LogP contribution in [0, 0.1) is 6.92 Å². The van der Waals surface area contributed by atoms with Crippen LogP contribution in [-0.2, 0) is 16.4 Å². The quantitative estimate of drug-likeness (QED) is 0.580. The van der Waals surface area contributed by atoms with Crippen LogP contribution in [0.5, 0.6) is 0 Å². The Kier molecular flexibility index (Phi) is 7.53. The Morgan fingerprint density at radius 3 is 2.11 bits per heavy atom. The first-order chi connectivity index (χ1) is 13.2. The van der Waals surface area contributed by atoms with Gasteiger partial charge in [-0.05, 0) is 77.3 Å². The summed E-state index contributed by atoms with van der Waals surface area (Å²) in [5, 5.41) is 0. The van der Waals surface area contributed by atoms with Gasteiger partial charge in [0.15, 0.2) is 0 Å². The van der Waals surface area contributed by atoms with Gasteiger partial charge in [0.1, 0.15) is 0 Å². The molecule has 0 aliphatic carbocycles. The van der Waals surface area contributed by atoms with Gasteiger partial charge in [0.2, 0.25) is 0 Å². The highest BCUT2D eigenvalue weighted by atomic mass is 32.2. The third-order valence-electron chi connectivity index (χ3n) is 4.85. The Labute approximate surface area is 171 Å². The van der Waals surface area contributed by atoms with E-state index >= 15 is 0 Å². The summed E-state index contributed by atoms with van der Waals surface area (Å²) in [6.45, 7) is 12.6. The maximum atomic E-state index is 13.0. The summed E-state index contributed by atoms with van der Waals surface area (Å²) in [5.74, 6) is 0. The molecule has 0 radical (unpaired) electrons. The summed E-state index contributed by atoms with van der Waals surface area (Å²) in [6, 6.07) is 13.6. The van der Waals surface area contributed by atoms with Gasteiger partial charge in [-0.3, -0.25) is 4.72 Å². The molecule has 4 nitrogen and oxygen atoms in total. The fraction of sp³-hybridized carbons (Fsp3) is 0.478. The number of nitrogens with zero attached hydrogens (tertiary/aromatic N) is 1. The zero-order valence-corrected chi connectivity index (χ0v) is 18.8. The fourth-order valence-corrected chi connectivity index (χ4v) is 4.57. The fourth-order valence-electron chi connectivity index (χ4n) is 3.50. The molecule has 2 rings (SSSR count). The Bertz CT molecular complexity index is 864. The monoisotopic (exact) mass is 402 g/mol. The van der Waals surface area contributed by atoms with Crippen molar-refractivity contribution in [1.82, 2.24) is 0 Å². The van der Waals surface area contributed by atoms with Gasteiger partial charge in [-0.15, -0.1) is 0 Å². The summed E-state index contributed by atoms with van der Waals surface area (Å²) in [7, 11) is -3.65. The number of benzene rings is 2. The van der Waals surface area contributed by atoms with Crippen LogP contribution >= 0.6 is 0 Å². The maximum absolute atomic E-state index is 13.0. The smallest absolute Gasteiger partial charge is 0.261 e. The van der Waals surface area contributed by atoms with E-state index in [-0.39, 0.29) is 17.0 Å². The third-order valence-corrected chi connectivity index (χ3v) is 6.23. The van der Waals surface area contributed by atoms with Gasteiger partial charge < -0.3 is 4.90 Å². The molecule has 0 atom stereocenters. The van der Waals surface area contributed by atoms with Crippen molar-refractivity contribution in [3.63, 3.8) is 0 Å². The molecule has 0 amide bonds. The van der Waals surface area contributed by atoms with Crippen LogP contribution in [0.1, 0.15) is 58.6 Å². The van der Waals surface area contributed by atoms with Crippen molar-refractivity contribution in [1.29, 1.82) is 0 Å². The molecule has 1 N–H and O–H groups in total. The lowest BCUT2D eigenvalue weighted by Crippen LogP contribution is -2.37. The molecule has 0 fully saturated rings. The predicted molar refractivity (Wildman–Crippen MR) is 120 cm³/mol. The third kappa shape index (κ3) is 5.51. The number of hydrogen-bond acceptors (Lipinski definition) is 3. The number of hydrogen-bond donors (Lipinski definition) is 1. The summed E-state index contributed by atoms with van der Waals surface area (Å²) in [6.07, 6.45) is 3.14. The van der Waals surface area contributed by atoms with Crippen LogP contribution in [0.2, 0.25) is 0 Å². The first-order valence-electron chi connectivity index (χ1n) is 10.2. The second-order valence-electron chi connectivity index (χ2n) is 7.97. The second-order valence-corrected chi connectivity index (χ2v) is 9.65. The van der Waals surface area contributed by atoms with Gasteiger partial charge in [-0.25, -0.2) is 8.42 Å². The van der Waals surface area contributed by atoms with E-state index in [4.69, 9.17) is 0 Å². The van der Waals surface area contributed by atoms with Crippen molar-refractivity contribution in [3.8, 4) is 0 Å². The van der Waals surface area contributed by atoms with Crippen molar-refractivity contribution >= 4 is 21.4 Å². The highest BCUT2D eigenvalue weighted by Gasteiger charge is 2.22. The van der Waals surface area contributed by atoms with Gasteiger partial charge in [-0.2, -0.15) is 0 Å². The average molecular weight is 403 g/mol. The second kappa shape index (κ2) is 9.46. The normalized spacial score (nSPS) is 11.9. The first kappa shape index (κ1) is 22.3. The molecule has 0 spiro atoms. The van der Waals surface area contributed by atoms with Crippen molar-refractivity contribution in [2.45, 2.75) is 77.8 Å². The minimum atomic E-state index is -3.65. The van der Waals surface area contributed by atoms with Crippen LogP contribution < -0.4 is 9.62 Å². The highest BCUT2D eigenvalue weighted by molar-refractivity contribution is 7.92. The summed E-state index contributed by atoms with van der Waals surface area (Å²) in [4.78, 5) is 2.53. The van der Waals surface area contributed by atoms with Gasteiger partial charge in [-0.1, -0.05) is 37.1 Å². The zero-order valence-electron chi connectivity index (χ0n) is 18.0. The van der Waals surface area contributed by atoms with E-state index in [0.717, 1.165) is 36.1 Å². The van der Waals surface area contributed by atoms with Crippen LogP contribution in [0.4, 0.5) is 11.4 Å². The molecule has 0 aromatic heterocycles. The lowest BCUT2D eigenvalue weighted by Gasteiger charge is -2.35. The summed E-state index contributed by atoms with van der Waals surface area (Å²) in [5.41, 5.74) is 3.75. The van der Waals surface area contributed by atoms with Crippen LogP contribution in [0.25, 0.3) is 0 Å². The average Bonchev–Trinajstić information content (AvgIpc) is 2.61. The Morgan fingerprint density at radius 2 is 1.57 bits per heavy atom. The topological polar surface area (TPSA) is 49.4 Å².